The average molecular weight is 304 g/mol. The lowest BCUT2D eigenvalue weighted by molar-refractivity contribution is -0.0934. The Morgan fingerprint density at radius 2 is 1.95 bits per heavy atom. The fourth-order valence-electron chi connectivity index (χ4n) is 4.46. The van der Waals surface area contributed by atoms with E-state index in [1.165, 1.54) is 26.2 Å². The third-order valence-electron chi connectivity index (χ3n) is 5.31. The van der Waals surface area contributed by atoms with Crippen molar-refractivity contribution in [3.8, 4) is 0 Å². The zero-order chi connectivity index (χ0) is 15.7. The van der Waals surface area contributed by atoms with E-state index in [0.717, 1.165) is 31.6 Å². The lowest BCUT2D eigenvalue weighted by Gasteiger charge is -2.41. The summed E-state index contributed by atoms with van der Waals surface area (Å²) in [5.74, 6) is 1.84. The Morgan fingerprint density at radius 1 is 1.24 bits per heavy atom. The highest BCUT2D eigenvalue weighted by Crippen LogP contribution is 2.54. The Morgan fingerprint density at radius 3 is 2.43 bits per heavy atom. The SMILES string of the molecule is CCCCC(C)(OC(C)=CC(F)(F)F)C1CC2CCC1C2. The highest BCUT2D eigenvalue weighted by atomic mass is 19.4. The van der Waals surface area contributed by atoms with Gasteiger partial charge in [0.15, 0.2) is 0 Å². The summed E-state index contributed by atoms with van der Waals surface area (Å²) in [4.78, 5) is 0. The van der Waals surface area contributed by atoms with E-state index in [9.17, 15) is 13.2 Å². The van der Waals surface area contributed by atoms with Gasteiger partial charge in [0.05, 0.1) is 11.8 Å². The maximum atomic E-state index is 12.5. The topological polar surface area (TPSA) is 9.23 Å². The molecular formula is C17H27F3O. The van der Waals surface area contributed by atoms with Crippen LogP contribution in [-0.2, 0) is 4.74 Å². The summed E-state index contributed by atoms with van der Waals surface area (Å²) < 4.78 is 43.4. The molecule has 0 saturated heterocycles. The quantitative estimate of drug-likeness (QED) is 0.559. The van der Waals surface area contributed by atoms with Crippen molar-refractivity contribution in [1.29, 1.82) is 0 Å². The van der Waals surface area contributed by atoms with Crippen LogP contribution in [0.25, 0.3) is 0 Å². The van der Waals surface area contributed by atoms with Crippen molar-refractivity contribution in [1.82, 2.24) is 0 Å². The van der Waals surface area contributed by atoms with Gasteiger partial charge in [-0.15, -0.1) is 0 Å². The van der Waals surface area contributed by atoms with E-state index in [1.54, 1.807) is 0 Å². The predicted octanol–water partition coefficient (Wildman–Crippen LogP) is 5.85. The second-order valence-electron chi connectivity index (χ2n) is 7.10. The van der Waals surface area contributed by atoms with Gasteiger partial charge in [0.1, 0.15) is 5.60 Å². The molecule has 0 aromatic carbocycles. The Balaban J connectivity index is 2.11. The predicted molar refractivity (Wildman–Crippen MR) is 77.8 cm³/mol. The van der Waals surface area contributed by atoms with Gasteiger partial charge in [-0.05, 0) is 57.8 Å². The van der Waals surface area contributed by atoms with Crippen LogP contribution in [-0.4, -0.2) is 11.8 Å². The monoisotopic (exact) mass is 304 g/mol. The molecule has 2 bridgehead atoms. The minimum atomic E-state index is -4.30. The summed E-state index contributed by atoms with van der Waals surface area (Å²) >= 11 is 0. The summed E-state index contributed by atoms with van der Waals surface area (Å²) in [6.45, 7) is 5.58. The van der Waals surface area contributed by atoms with Gasteiger partial charge in [0.25, 0.3) is 0 Å². The van der Waals surface area contributed by atoms with Gasteiger partial charge in [0.2, 0.25) is 0 Å². The van der Waals surface area contributed by atoms with Gasteiger partial charge in [-0.2, -0.15) is 13.2 Å². The summed E-state index contributed by atoms with van der Waals surface area (Å²) in [7, 11) is 0. The number of allylic oxidation sites excluding steroid dienone is 2. The first-order valence-corrected chi connectivity index (χ1v) is 8.18. The van der Waals surface area contributed by atoms with E-state index in [1.807, 2.05) is 6.92 Å². The van der Waals surface area contributed by atoms with Crippen LogP contribution in [0.5, 0.6) is 0 Å². The third-order valence-corrected chi connectivity index (χ3v) is 5.31. The molecule has 21 heavy (non-hydrogen) atoms. The lowest BCUT2D eigenvalue weighted by Crippen LogP contribution is -2.40. The third kappa shape index (κ3) is 4.17. The number of alkyl halides is 3. The molecule has 0 aliphatic heterocycles. The number of unbranched alkanes of at least 4 members (excludes halogenated alkanes) is 1. The van der Waals surface area contributed by atoms with Crippen molar-refractivity contribution in [2.75, 3.05) is 0 Å². The van der Waals surface area contributed by atoms with E-state index in [2.05, 4.69) is 6.92 Å². The van der Waals surface area contributed by atoms with Crippen molar-refractivity contribution in [3.63, 3.8) is 0 Å². The van der Waals surface area contributed by atoms with Gasteiger partial charge < -0.3 is 4.74 Å². The number of halogens is 3. The van der Waals surface area contributed by atoms with Crippen molar-refractivity contribution >= 4 is 0 Å². The maximum Gasteiger partial charge on any atom is 0.412 e. The van der Waals surface area contributed by atoms with Crippen molar-refractivity contribution in [2.45, 2.75) is 77.5 Å². The Kier molecular flexibility index (Phi) is 4.94. The zero-order valence-electron chi connectivity index (χ0n) is 13.3. The highest BCUT2D eigenvalue weighted by molar-refractivity contribution is 5.03. The summed E-state index contributed by atoms with van der Waals surface area (Å²) in [6.07, 6.45) is 3.79. The number of rotatable bonds is 6. The molecule has 0 aromatic rings. The van der Waals surface area contributed by atoms with Crippen LogP contribution in [0.4, 0.5) is 13.2 Å². The lowest BCUT2D eigenvalue weighted by atomic mass is 9.74. The smallest absolute Gasteiger partial charge is 0.412 e. The molecule has 4 atom stereocenters. The van der Waals surface area contributed by atoms with Gasteiger partial charge in [0, 0.05) is 5.92 Å². The molecule has 0 amide bonds. The molecule has 4 heteroatoms. The van der Waals surface area contributed by atoms with Gasteiger partial charge in [-0.3, -0.25) is 0 Å². The van der Waals surface area contributed by atoms with Crippen LogP contribution in [0.1, 0.15) is 65.7 Å². The molecule has 122 valence electrons. The molecule has 0 N–H and O–H groups in total. The second kappa shape index (κ2) is 6.21. The van der Waals surface area contributed by atoms with E-state index in [-0.39, 0.29) is 5.76 Å². The van der Waals surface area contributed by atoms with E-state index < -0.39 is 11.8 Å². The molecule has 2 rings (SSSR count). The number of fused-ring (bicyclic) bond motifs is 2. The molecule has 2 fully saturated rings. The highest BCUT2D eigenvalue weighted by Gasteiger charge is 2.49. The fourth-order valence-corrected chi connectivity index (χ4v) is 4.46. The largest absolute Gasteiger partial charge is 0.492 e. The van der Waals surface area contributed by atoms with Crippen LogP contribution in [0.3, 0.4) is 0 Å². The molecule has 0 aromatic heterocycles. The standard InChI is InChI=1S/C17H27F3O/c1-4-5-8-16(3,21-12(2)11-17(18,19)20)15-10-13-6-7-14(15)9-13/h11,13-15H,4-10H2,1-3H3. The first-order chi connectivity index (χ1) is 9.73. The first kappa shape index (κ1) is 16.7. The van der Waals surface area contributed by atoms with E-state index >= 15 is 0 Å². The molecule has 1 nitrogen and oxygen atoms in total. The maximum absolute atomic E-state index is 12.5. The minimum absolute atomic E-state index is 0.00359. The molecule has 4 unspecified atom stereocenters. The van der Waals surface area contributed by atoms with Crippen LogP contribution < -0.4 is 0 Å². The zero-order valence-corrected chi connectivity index (χ0v) is 13.3. The summed E-state index contributed by atoms with van der Waals surface area (Å²) in [5, 5.41) is 0. The van der Waals surface area contributed by atoms with Crippen molar-refractivity contribution in [3.05, 3.63) is 11.8 Å². The molecule has 0 heterocycles. The average Bonchev–Trinajstić information content (AvgIpc) is 2.96. The summed E-state index contributed by atoms with van der Waals surface area (Å²) in [6, 6.07) is 0. The van der Waals surface area contributed by atoms with Crippen molar-refractivity contribution in [2.24, 2.45) is 17.8 Å². The Bertz CT molecular complexity index is 388. The molecule has 2 aliphatic rings. The number of ether oxygens (including phenoxy) is 1. The van der Waals surface area contributed by atoms with Crippen LogP contribution in [0.15, 0.2) is 11.8 Å². The molecule has 0 radical (unpaired) electrons. The Hall–Kier alpha value is -0.670. The van der Waals surface area contributed by atoms with E-state index in [4.69, 9.17) is 4.74 Å². The van der Waals surface area contributed by atoms with Crippen LogP contribution >= 0.6 is 0 Å². The molecule has 2 aliphatic carbocycles. The second-order valence-corrected chi connectivity index (χ2v) is 7.10. The van der Waals surface area contributed by atoms with Crippen LogP contribution in [0.2, 0.25) is 0 Å². The van der Waals surface area contributed by atoms with Gasteiger partial charge in [-0.1, -0.05) is 19.8 Å². The fraction of sp³-hybridized carbons (Fsp3) is 0.882. The van der Waals surface area contributed by atoms with E-state index in [0.29, 0.717) is 17.9 Å². The normalized spacial score (nSPS) is 32.3. The Labute approximate surface area is 125 Å². The molecular weight excluding hydrogens is 277 g/mol. The number of hydrogen-bond donors (Lipinski definition) is 0. The molecule has 0 spiro atoms. The van der Waals surface area contributed by atoms with Crippen molar-refractivity contribution < 1.29 is 17.9 Å². The minimum Gasteiger partial charge on any atom is -0.492 e. The number of hydrogen-bond acceptors (Lipinski definition) is 1. The van der Waals surface area contributed by atoms with Crippen LogP contribution in [0, 0.1) is 17.8 Å². The van der Waals surface area contributed by atoms with Gasteiger partial charge >= 0.3 is 6.18 Å². The summed E-state index contributed by atoms with van der Waals surface area (Å²) in [5.41, 5.74) is -0.443. The van der Waals surface area contributed by atoms with Gasteiger partial charge in [-0.25, -0.2) is 0 Å². The first-order valence-electron chi connectivity index (χ1n) is 8.18. The molecule has 2 saturated carbocycles.